The van der Waals surface area contributed by atoms with Crippen molar-refractivity contribution in [2.24, 2.45) is 0 Å². The Hall–Kier alpha value is -1.61. The molecule has 3 nitrogen and oxygen atoms in total. The fraction of sp³-hybridized carbons (Fsp3) is 0.500. The normalized spacial score (nSPS) is 11.3. The zero-order valence-corrected chi connectivity index (χ0v) is 14.0. The number of amides is 1. The number of carbonyl (C=O) groups is 1. The van der Waals surface area contributed by atoms with Crippen LogP contribution >= 0.6 is 0 Å². The first-order chi connectivity index (χ1) is 10.0. The van der Waals surface area contributed by atoms with Crippen LogP contribution in [0.4, 0.5) is 5.69 Å². The minimum absolute atomic E-state index is 0.0575. The molecule has 116 valence electrons. The summed E-state index contributed by atoms with van der Waals surface area (Å²) in [7, 11) is 0. The number of likely N-dealkylation sites (N-methyl/N-ethyl adjacent to an activating group) is 1. The van der Waals surface area contributed by atoms with Crippen molar-refractivity contribution in [3.63, 3.8) is 0 Å². The van der Waals surface area contributed by atoms with E-state index in [0.717, 1.165) is 43.0 Å². The van der Waals surface area contributed by atoms with Crippen molar-refractivity contribution in [1.82, 2.24) is 4.90 Å². The van der Waals surface area contributed by atoms with Gasteiger partial charge in [-0.3, -0.25) is 4.79 Å². The van der Waals surface area contributed by atoms with Gasteiger partial charge < -0.3 is 9.80 Å². The highest BCUT2D eigenvalue weighted by Gasteiger charge is 2.17. The molecule has 0 N–H and O–H groups in total. The number of rotatable bonds is 7. The molecule has 0 aromatic heterocycles. The Morgan fingerprint density at radius 2 is 1.67 bits per heavy atom. The fourth-order valence-corrected chi connectivity index (χ4v) is 2.58. The number of hydrogen-bond acceptors (Lipinski definition) is 2. The van der Waals surface area contributed by atoms with Gasteiger partial charge >= 0.3 is 0 Å². The molecule has 1 rings (SSSR count). The molecule has 0 atom stereocenters. The smallest absolute Gasteiger partial charge is 0.250 e. The van der Waals surface area contributed by atoms with Crippen molar-refractivity contribution in [2.45, 2.75) is 34.6 Å². The van der Waals surface area contributed by atoms with Gasteiger partial charge in [0.15, 0.2) is 0 Å². The van der Waals surface area contributed by atoms with Crippen LogP contribution < -0.4 is 4.90 Å². The molecule has 0 radical (unpaired) electrons. The first-order valence-electron chi connectivity index (χ1n) is 7.77. The van der Waals surface area contributed by atoms with Gasteiger partial charge in [0, 0.05) is 18.8 Å². The molecule has 0 spiro atoms. The Bertz CT molecular complexity index is 470. The second-order valence-corrected chi connectivity index (χ2v) is 5.26. The second-order valence-electron chi connectivity index (χ2n) is 5.26. The molecule has 0 aliphatic heterocycles. The molecular formula is C18H28N2O. The van der Waals surface area contributed by atoms with Gasteiger partial charge in [-0.1, -0.05) is 38.1 Å². The summed E-state index contributed by atoms with van der Waals surface area (Å²) in [5.41, 5.74) is 3.34. The van der Waals surface area contributed by atoms with Crippen LogP contribution in [0.25, 0.3) is 0 Å². The maximum Gasteiger partial charge on any atom is 0.250 e. The summed E-state index contributed by atoms with van der Waals surface area (Å²) in [5, 5.41) is 0. The Kier molecular flexibility index (Phi) is 7.17. The lowest BCUT2D eigenvalue weighted by molar-refractivity contribution is -0.114. The third-order valence-electron chi connectivity index (χ3n) is 3.82. The van der Waals surface area contributed by atoms with Crippen molar-refractivity contribution in [3.05, 3.63) is 41.5 Å². The van der Waals surface area contributed by atoms with Crippen LogP contribution in [0.5, 0.6) is 0 Å². The van der Waals surface area contributed by atoms with Gasteiger partial charge in [-0.15, -0.1) is 0 Å². The molecule has 1 aromatic rings. The van der Waals surface area contributed by atoms with E-state index in [1.165, 1.54) is 0 Å². The topological polar surface area (TPSA) is 23.6 Å². The Labute approximate surface area is 129 Å². The number of anilines is 1. The first kappa shape index (κ1) is 17.4. The summed E-state index contributed by atoms with van der Waals surface area (Å²) < 4.78 is 0. The van der Waals surface area contributed by atoms with Gasteiger partial charge in [-0.25, -0.2) is 0 Å². The van der Waals surface area contributed by atoms with Crippen molar-refractivity contribution in [3.8, 4) is 0 Å². The predicted octanol–water partition coefficient (Wildman–Crippen LogP) is 3.55. The predicted molar refractivity (Wildman–Crippen MR) is 90.9 cm³/mol. The molecule has 0 aliphatic rings. The zero-order valence-electron chi connectivity index (χ0n) is 14.0. The summed E-state index contributed by atoms with van der Waals surface area (Å²) in [6, 6.07) is 6.17. The van der Waals surface area contributed by atoms with Gasteiger partial charge in [0.05, 0.1) is 0 Å². The number of hydrogen-bond donors (Lipinski definition) is 0. The van der Waals surface area contributed by atoms with Crippen LogP contribution in [-0.4, -0.2) is 37.0 Å². The third kappa shape index (κ3) is 4.71. The van der Waals surface area contributed by atoms with Crippen LogP contribution in [0.15, 0.2) is 30.4 Å². The summed E-state index contributed by atoms with van der Waals surface area (Å²) in [5.74, 6) is 0.0575. The van der Waals surface area contributed by atoms with E-state index in [9.17, 15) is 4.79 Å². The van der Waals surface area contributed by atoms with Crippen molar-refractivity contribution < 1.29 is 4.79 Å². The van der Waals surface area contributed by atoms with E-state index in [1.54, 1.807) is 12.2 Å². The highest BCUT2D eigenvalue weighted by Crippen LogP contribution is 2.24. The highest BCUT2D eigenvalue weighted by atomic mass is 16.2. The van der Waals surface area contributed by atoms with Gasteiger partial charge in [-0.05, 0) is 51.1 Å². The molecule has 0 heterocycles. The molecule has 1 aromatic carbocycles. The number of allylic oxidation sites excluding steroid dienone is 1. The van der Waals surface area contributed by atoms with Crippen LogP contribution in [0.2, 0.25) is 0 Å². The van der Waals surface area contributed by atoms with Gasteiger partial charge in [0.1, 0.15) is 0 Å². The van der Waals surface area contributed by atoms with Gasteiger partial charge in [0.25, 0.3) is 5.91 Å². The number of benzene rings is 1. The lowest BCUT2D eigenvalue weighted by Crippen LogP contribution is -2.38. The van der Waals surface area contributed by atoms with E-state index in [4.69, 9.17) is 0 Å². The zero-order chi connectivity index (χ0) is 15.8. The summed E-state index contributed by atoms with van der Waals surface area (Å²) >= 11 is 0. The van der Waals surface area contributed by atoms with Crippen molar-refractivity contribution >= 4 is 11.6 Å². The monoisotopic (exact) mass is 288 g/mol. The largest absolute Gasteiger partial charge is 0.307 e. The second kappa shape index (κ2) is 8.63. The van der Waals surface area contributed by atoms with E-state index < -0.39 is 0 Å². The van der Waals surface area contributed by atoms with E-state index in [-0.39, 0.29) is 5.91 Å². The van der Waals surface area contributed by atoms with E-state index in [0.29, 0.717) is 0 Å². The van der Waals surface area contributed by atoms with Crippen molar-refractivity contribution in [1.29, 1.82) is 0 Å². The van der Waals surface area contributed by atoms with Gasteiger partial charge in [-0.2, -0.15) is 0 Å². The molecule has 1 amide bonds. The first-order valence-corrected chi connectivity index (χ1v) is 7.77. The van der Waals surface area contributed by atoms with E-state index >= 15 is 0 Å². The van der Waals surface area contributed by atoms with E-state index in [2.05, 4.69) is 44.7 Å². The average molecular weight is 288 g/mol. The highest BCUT2D eigenvalue weighted by molar-refractivity contribution is 6.02. The standard InChI is InChI=1S/C18H28N2O/c1-6-10-17(21)20(14-13-19(7-2)8-3)18-15(4)11-9-12-16(18)5/h6,9-12H,7-8,13-14H2,1-5H3/b10-6-. The third-order valence-corrected chi connectivity index (χ3v) is 3.82. The number of nitrogens with zero attached hydrogens (tertiary/aromatic N) is 2. The van der Waals surface area contributed by atoms with Crippen LogP contribution in [0.3, 0.4) is 0 Å². The van der Waals surface area contributed by atoms with Crippen LogP contribution in [0, 0.1) is 13.8 Å². The Morgan fingerprint density at radius 3 is 2.14 bits per heavy atom. The Balaban J connectivity index is 3.05. The quantitative estimate of drug-likeness (QED) is 0.716. The molecule has 0 fully saturated rings. The maximum atomic E-state index is 12.5. The molecule has 0 unspecified atom stereocenters. The SMILES string of the molecule is C/C=C\C(=O)N(CCN(CC)CC)c1c(C)cccc1C. The number of carbonyl (C=O) groups excluding carboxylic acids is 1. The molecule has 0 aliphatic carbocycles. The fourth-order valence-electron chi connectivity index (χ4n) is 2.58. The lowest BCUT2D eigenvalue weighted by Gasteiger charge is -2.28. The maximum absolute atomic E-state index is 12.5. The molecule has 3 heteroatoms. The van der Waals surface area contributed by atoms with Crippen molar-refractivity contribution in [2.75, 3.05) is 31.1 Å². The molecule has 0 saturated carbocycles. The Morgan fingerprint density at radius 1 is 1.10 bits per heavy atom. The molecule has 0 saturated heterocycles. The number of para-hydroxylation sites is 1. The van der Waals surface area contributed by atoms with Crippen LogP contribution in [-0.2, 0) is 4.79 Å². The number of aryl methyl sites for hydroxylation is 2. The minimum Gasteiger partial charge on any atom is -0.307 e. The molecule has 21 heavy (non-hydrogen) atoms. The van der Waals surface area contributed by atoms with Crippen LogP contribution in [0.1, 0.15) is 31.9 Å². The summed E-state index contributed by atoms with van der Waals surface area (Å²) in [6.07, 6.45) is 3.45. The average Bonchev–Trinajstić information content (AvgIpc) is 2.46. The molecular weight excluding hydrogens is 260 g/mol. The molecule has 0 bridgehead atoms. The minimum atomic E-state index is 0.0575. The lowest BCUT2D eigenvalue weighted by atomic mass is 10.1. The van der Waals surface area contributed by atoms with Gasteiger partial charge in [0.2, 0.25) is 0 Å². The van der Waals surface area contributed by atoms with E-state index in [1.807, 2.05) is 17.9 Å². The summed E-state index contributed by atoms with van der Waals surface area (Å²) in [6.45, 7) is 13.9. The summed E-state index contributed by atoms with van der Waals surface area (Å²) in [4.78, 5) is 16.7.